The SMILES string of the molecule is CCOC(=O)O[C@H]1CC(C)CC[C@@H]1C(C)C. The molecule has 1 unspecified atom stereocenters. The second-order valence-electron chi connectivity index (χ2n) is 5.17. The van der Waals surface area contributed by atoms with Crippen LogP contribution in [-0.4, -0.2) is 18.9 Å². The van der Waals surface area contributed by atoms with Gasteiger partial charge in [-0.15, -0.1) is 0 Å². The first-order chi connectivity index (χ1) is 7.54. The molecule has 1 rings (SSSR count). The number of carbonyl (C=O) groups excluding carboxylic acids is 1. The Hall–Kier alpha value is -0.730. The molecule has 0 aromatic heterocycles. The maximum atomic E-state index is 11.3. The third kappa shape index (κ3) is 3.69. The van der Waals surface area contributed by atoms with Crippen molar-refractivity contribution in [1.29, 1.82) is 0 Å². The Bertz CT molecular complexity index is 225. The first-order valence-corrected chi connectivity index (χ1v) is 6.38. The van der Waals surface area contributed by atoms with E-state index in [1.54, 1.807) is 6.92 Å². The quantitative estimate of drug-likeness (QED) is 0.692. The highest BCUT2D eigenvalue weighted by Crippen LogP contribution is 2.35. The lowest BCUT2D eigenvalue weighted by atomic mass is 9.75. The molecule has 0 aromatic rings. The average molecular weight is 228 g/mol. The van der Waals surface area contributed by atoms with Crippen LogP contribution in [0.5, 0.6) is 0 Å². The van der Waals surface area contributed by atoms with Crippen molar-refractivity contribution in [2.24, 2.45) is 17.8 Å². The highest BCUT2D eigenvalue weighted by molar-refractivity contribution is 5.60. The molecule has 0 radical (unpaired) electrons. The lowest BCUT2D eigenvalue weighted by Gasteiger charge is -2.36. The van der Waals surface area contributed by atoms with Crippen molar-refractivity contribution < 1.29 is 14.3 Å². The van der Waals surface area contributed by atoms with Gasteiger partial charge in [-0.2, -0.15) is 0 Å². The molecule has 0 aliphatic heterocycles. The molecule has 0 heterocycles. The molecular formula is C13H24O3. The van der Waals surface area contributed by atoms with Crippen molar-refractivity contribution in [1.82, 2.24) is 0 Å². The second kappa shape index (κ2) is 6.12. The van der Waals surface area contributed by atoms with E-state index in [1.807, 2.05) is 0 Å². The summed E-state index contributed by atoms with van der Waals surface area (Å²) in [6.07, 6.45) is 2.91. The monoisotopic (exact) mass is 228 g/mol. The zero-order valence-electron chi connectivity index (χ0n) is 10.9. The summed E-state index contributed by atoms with van der Waals surface area (Å²) in [4.78, 5) is 11.3. The number of hydrogen-bond donors (Lipinski definition) is 0. The van der Waals surface area contributed by atoms with Gasteiger partial charge in [-0.25, -0.2) is 4.79 Å². The fraction of sp³-hybridized carbons (Fsp3) is 0.923. The first-order valence-electron chi connectivity index (χ1n) is 6.38. The molecule has 0 N–H and O–H groups in total. The molecule has 3 nitrogen and oxygen atoms in total. The predicted octanol–water partition coefficient (Wildman–Crippen LogP) is 3.62. The molecule has 3 heteroatoms. The van der Waals surface area contributed by atoms with E-state index in [0.29, 0.717) is 24.4 Å². The molecule has 0 aromatic carbocycles. The topological polar surface area (TPSA) is 35.5 Å². The van der Waals surface area contributed by atoms with Crippen molar-refractivity contribution >= 4 is 6.16 Å². The van der Waals surface area contributed by atoms with Crippen LogP contribution in [0.2, 0.25) is 0 Å². The van der Waals surface area contributed by atoms with Gasteiger partial charge in [0, 0.05) is 0 Å². The largest absolute Gasteiger partial charge is 0.508 e. The van der Waals surface area contributed by atoms with Gasteiger partial charge < -0.3 is 9.47 Å². The molecule has 0 saturated heterocycles. The third-order valence-corrected chi connectivity index (χ3v) is 3.47. The van der Waals surface area contributed by atoms with Crippen LogP contribution in [0, 0.1) is 17.8 Å². The van der Waals surface area contributed by atoms with Crippen molar-refractivity contribution in [3.63, 3.8) is 0 Å². The van der Waals surface area contributed by atoms with Crippen LogP contribution in [0.15, 0.2) is 0 Å². The van der Waals surface area contributed by atoms with Crippen LogP contribution in [0.1, 0.15) is 47.0 Å². The molecule has 1 saturated carbocycles. The van der Waals surface area contributed by atoms with Crippen LogP contribution >= 0.6 is 0 Å². The Labute approximate surface area is 98.5 Å². The standard InChI is InChI=1S/C13H24O3/c1-5-15-13(14)16-12-8-10(4)6-7-11(12)9(2)3/h9-12H,5-8H2,1-4H3/t10?,11-,12+/m1/s1. The minimum Gasteiger partial charge on any atom is -0.435 e. The summed E-state index contributed by atoms with van der Waals surface area (Å²) in [5.74, 6) is 1.70. The lowest BCUT2D eigenvalue weighted by Crippen LogP contribution is -2.36. The molecule has 16 heavy (non-hydrogen) atoms. The summed E-state index contributed by atoms with van der Waals surface area (Å²) < 4.78 is 10.3. The minimum atomic E-state index is -0.507. The van der Waals surface area contributed by atoms with Gasteiger partial charge in [0.05, 0.1) is 6.61 Å². The van der Waals surface area contributed by atoms with Gasteiger partial charge >= 0.3 is 6.16 Å². The fourth-order valence-corrected chi connectivity index (χ4v) is 2.53. The summed E-state index contributed by atoms with van der Waals surface area (Å²) >= 11 is 0. The first kappa shape index (κ1) is 13.3. The number of hydrogen-bond acceptors (Lipinski definition) is 3. The lowest BCUT2D eigenvalue weighted by molar-refractivity contribution is -0.0303. The van der Waals surface area contributed by atoms with Crippen LogP contribution in [0.25, 0.3) is 0 Å². The van der Waals surface area contributed by atoms with Crippen LogP contribution in [0.4, 0.5) is 4.79 Å². The van der Waals surface area contributed by atoms with Crippen molar-refractivity contribution in [3.05, 3.63) is 0 Å². The number of carbonyl (C=O) groups is 1. The van der Waals surface area contributed by atoms with Gasteiger partial charge in [-0.1, -0.05) is 27.2 Å². The van der Waals surface area contributed by atoms with E-state index in [2.05, 4.69) is 20.8 Å². The molecule has 3 atom stereocenters. The molecule has 1 aliphatic carbocycles. The van der Waals surface area contributed by atoms with Crippen LogP contribution in [-0.2, 0) is 9.47 Å². The average Bonchev–Trinajstić information content (AvgIpc) is 2.17. The smallest absolute Gasteiger partial charge is 0.435 e. The maximum Gasteiger partial charge on any atom is 0.508 e. The highest BCUT2D eigenvalue weighted by Gasteiger charge is 2.33. The maximum absolute atomic E-state index is 11.3. The zero-order valence-corrected chi connectivity index (χ0v) is 10.9. The van der Waals surface area contributed by atoms with E-state index < -0.39 is 6.16 Å². The van der Waals surface area contributed by atoms with E-state index in [1.165, 1.54) is 6.42 Å². The highest BCUT2D eigenvalue weighted by atomic mass is 16.7. The Morgan fingerprint density at radius 2 is 2.06 bits per heavy atom. The van der Waals surface area contributed by atoms with Crippen molar-refractivity contribution in [3.8, 4) is 0 Å². The summed E-state index contributed by atoms with van der Waals surface area (Å²) in [7, 11) is 0. The molecule has 1 fully saturated rings. The van der Waals surface area contributed by atoms with Crippen molar-refractivity contribution in [2.45, 2.75) is 53.1 Å². The normalized spacial score (nSPS) is 30.2. The summed E-state index contributed by atoms with van der Waals surface area (Å²) in [6.45, 7) is 8.79. The molecule has 1 aliphatic rings. The van der Waals surface area contributed by atoms with E-state index >= 15 is 0 Å². The second-order valence-corrected chi connectivity index (χ2v) is 5.17. The Balaban J connectivity index is 2.54. The number of rotatable bonds is 3. The van der Waals surface area contributed by atoms with Crippen molar-refractivity contribution in [2.75, 3.05) is 6.61 Å². The minimum absolute atomic E-state index is 0.0443. The van der Waals surface area contributed by atoms with Crippen LogP contribution < -0.4 is 0 Å². The summed E-state index contributed by atoms with van der Waals surface area (Å²) in [6, 6.07) is 0. The van der Waals surface area contributed by atoms with Gasteiger partial charge in [0.1, 0.15) is 6.10 Å². The summed E-state index contributed by atoms with van der Waals surface area (Å²) in [5.41, 5.74) is 0. The van der Waals surface area contributed by atoms with Gasteiger partial charge in [-0.3, -0.25) is 0 Å². The van der Waals surface area contributed by atoms with Crippen LogP contribution in [0.3, 0.4) is 0 Å². The Morgan fingerprint density at radius 1 is 1.38 bits per heavy atom. The Kier molecular flexibility index (Phi) is 5.10. The van der Waals surface area contributed by atoms with E-state index in [-0.39, 0.29) is 6.10 Å². The van der Waals surface area contributed by atoms with E-state index in [9.17, 15) is 4.79 Å². The third-order valence-electron chi connectivity index (χ3n) is 3.47. The molecule has 0 spiro atoms. The molecule has 0 bridgehead atoms. The zero-order chi connectivity index (χ0) is 12.1. The molecule has 0 amide bonds. The Morgan fingerprint density at radius 3 is 2.62 bits per heavy atom. The predicted molar refractivity (Wildman–Crippen MR) is 63.2 cm³/mol. The van der Waals surface area contributed by atoms with Gasteiger partial charge in [0.25, 0.3) is 0 Å². The van der Waals surface area contributed by atoms with Gasteiger partial charge in [0.15, 0.2) is 0 Å². The van der Waals surface area contributed by atoms with E-state index in [0.717, 1.165) is 12.8 Å². The van der Waals surface area contributed by atoms with Gasteiger partial charge in [0.2, 0.25) is 0 Å². The van der Waals surface area contributed by atoms with Gasteiger partial charge in [-0.05, 0) is 37.5 Å². The number of ether oxygens (including phenoxy) is 2. The fourth-order valence-electron chi connectivity index (χ4n) is 2.53. The van der Waals surface area contributed by atoms with E-state index in [4.69, 9.17) is 9.47 Å². The molecular weight excluding hydrogens is 204 g/mol. The molecule has 94 valence electrons. The summed E-state index contributed by atoms with van der Waals surface area (Å²) in [5, 5.41) is 0.